The molecular formula is C34H30N9O+. The van der Waals surface area contributed by atoms with Gasteiger partial charge in [0.2, 0.25) is 0 Å². The Kier molecular flexibility index (Phi) is 6.53. The molecule has 4 aromatic carbocycles. The number of rotatable bonds is 6. The molecule has 4 heterocycles. The molecule has 2 N–H and O–H groups in total. The number of likely N-dealkylation sites (tertiary alicyclic amines) is 1. The smallest absolute Gasteiger partial charge is 0.306 e. The molecule has 1 aliphatic rings. The van der Waals surface area contributed by atoms with Crippen molar-refractivity contribution in [2.24, 2.45) is 0 Å². The number of benzene rings is 4. The van der Waals surface area contributed by atoms with Gasteiger partial charge in [0.1, 0.15) is 10.8 Å². The quantitative estimate of drug-likeness (QED) is 0.272. The van der Waals surface area contributed by atoms with E-state index in [0.29, 0.717) is 0 Å². The van der Waals surface area contributed by atoms with Crippen molar-refractivity contribution in [1.29, 1.82) is 0 Å². The molecule has 0 spiro atoms. The number of aromatic amines is 2. The summed E-state index contributed by atoms with van der Waals surface area (Å²) >= 11 is 0. The summed E-state index contributed by atoms with van der Waals surface area (Å²) in [5, 5.41) is 10.5. The number of hydrogen-bond donors (Lipinski definition) is 2. The Balaban J connectivity index is 1.04. The van der Waals surface area contributed by atoms with Crippen molar-refractivity contribution < 1.29 is 4.68 Å². The number of nitrogens with one attached hydrogen (secondary N) is 2. The van der Waals surface area contributed by atoms with Gasteiger partial charge in [-0.25, -0.2) is 14.8 Å². The van der Waals surface area contributed by atoms with Crippen LogP contribution in [0.15, 0.2) is 108 Å². The highest BCUT2D eigenvalue weighted by Gasteiger charge is 2.24. The summed E-state index contributed by atoms with van der Waals surface area (Å²) in [6, 6.07) is 33.0. The highest BCUT2D eigenvalue weighted by molar-refractivity contribution is 5.86. The molecule has 0 aliphatic carbocycles. The lowest BCUT2D eigenvalue weighted by Crippen LogP contribution is -2.36. The predicted octanol–water partition coefficient (Wildman–Crippen LogP) is 4.84. The summed E-state index contributed by atoms with van der Waals surface area (Å²) in [5.41, 5.74) is 9.35. The van der Waals surface area contributed by atoms with E-state index in [1.165, 1.54) is 5.56 Å². The van der Waals surface area contributed by atoms with Crippen LogP contribution in [0.2, 0.25) is 0 Å². The van der Waals surface area contributed by atoms with Gasteiger partial charge in [-0.05, 0) is 42.7 Å². The zero-order valence-corrected chi connectivity index (χ0v) is 24.0. The van der Waals surface area contributed by atoms with Crippen LogP contribution >= 0.6 is 0 Å². The van der Waals surface area contributed by atoms with Gasteiger partial charge in [0.05, 0.1) is 33.5 Å². The molecule has 0 radical (unpaired) electrons. The molecule has 0 amide bonds. The van der Waals surface area contributed by atoms with Gasteiger partial charge in [0, 0.05) is 42.9 Å². The second-order valence-corrected chi connectivity index (χ2v) is 11.3. The fourth-order valence-electron chi connectivity index (χ4n) is 6.29. The Hall–Kier alpha value is -5.48. The molecule has 44 heavy (non-hydrogen) atoms. The third-order valence-corrected chi connectivity index (χ3v) is 8.53. The third-order valence-electron chi connectivity index (χ3n) is 8.53. The van der Waals surface area contributed by atoms with Crippen molar-refractivity contribution in [1.82, 2.24) is 39.9 Å². The summed E-state index contributed by atoms with van der Waals surface area (Å²) in [6.07, 6.45) is 3.51. The van der Waals surface area contributed by atoms with Gasteiger partial charge >= 0.3 is 5.69 Å². The van der Waals surface area contributed by atoms with Crippen molar-refractivity contribution in [3.63, 3.8) is 0 Å². The van der Waals surface area contributed by atoms with Crippen LogP contribution in [0.1, 0.15) is 24.4 Å². The summed E-state index contributed by atoms with van der Waals surface area (Å²) in [4.78, 5) is 28.4. The lowest BCUT2D eigenvalue weighted by molar-refractivity contribution is -0.660. The maximum atomic E-state index is 12.7. The monoisotopic (exact) mass is 580 g/mol. The molecule has 10 nitrogen and oxygen atoms in total. The lowest BCUT2D eigenvalue weighted by atomic mass is 10.0. The molecule has 8 rings (SSSR count). The van der Waals surface area contributed by atoms with E-state index >= 15 is 0 Å². The summed E-state index contributed by atoms with van der Waals surface area (Å²) in [5.74, 6) is 0. The van der Waals surface area contributed by atoms with E-state index in [4.69, 9.17) is 9.97 Å². The molecule has 1 fully saturated rings. The number of hydrogen-bond acceptors (Lipinski definition) is 6. The Morgan fingerprint density at radius 2 is 1.52 bits per heavy atom. The van der Waals surface area contributed by atoms with Crippen molar-refractivity contribution in [3.05, 3.63) is 119 Å². The van der Waals surface area contributed by atoms with E-state index in [-0.39, 0.29) is 11.7 Å². The Bertz CT molecular complexity index is 2130. The van der Waals surface area contributed by atoms with Crippen molar-refractivity contribution in [2.75, 3.05) is 13.1 Å². The number of nitrogens with zero attached hydrogens (tertiary/aromatic N) is 7. The van der Waals surface area contributed by atoms with Crippen LogP contribution in [0.3, 0.4) is 0 Å². The van der Waals surface area contributed by atoms with Gasteiger partial charge in [-0.2, -0.15) is 0 Å². The van der Waals surface area contributed by atoms with Crippen LogP contribution in [0, 0.1) is 0 Å². The molecule has 1 aliphatic heterocycles. The zero-order valence-electron chi connectivity index (χ0n) is 24.0. The lowest BCUT2D eigenvalue weighted by Gasteiger charge is -2.32. The molecule has 3 aromatic heterocycles. The van der Waals surface area contributed by atoms with Crippen LogP contribution in [0.25, 0.3) is 50.3 Å². The minimum Gasteiger partial charge on any atom is -0.306 e. The van der Waals surface area contributed by atoms with Crippen LogP contribution < -0.4 is 10.4 Å². The molecule has 7 aromatic rings. The number of para-hydroxylation sites is 2. The summed E-state index contributed by atoms with van der Waals surface area (Å²) in [7, 11) is 0. The Labute approximate surface area is 252 Å². The molecule has 216 valence electrons. The van der Waals surface area contributed by atoms with Crippen molar-refractivity contribution >= 4 is 22.1 Å². The molecule has 1 saturated heterocycles. The minimum absolute atomic E-state index is 0.0137. The number of fused-ring (bicyclic) bond motifs is 2. The first-order valence-corrected chi connectivity index (χ1v) is 14.9. The molecule has 0 unspecified atom stereocenters. The first-order valence-electron chi connectivity index (χ1n) is 14.9. The average molecular weight is 581 g/mol. The van der Waals surface area contributed by atoms with Crippen LogP contribution in [-0.4, -0.2) is 53.0 Å². The largest absolute Gasteiger partial charge is 0.326 e. The van der Waals surface area contributed by atoms with Crippen molar-refractivity contribution in [3.8, 4) is 28.2 Å². The van der Waals surface area contributed by atoms with Gasteiger partial charge < -0.3 is 4.98 Å². The minimum atomic E-state index is -0.0137. The molecule has 0 saturated carbocycles. The highest BCUT2D eigenvalue weighted by atomic mass is 16.1. The van der Waals surface area contributed by atoms with E-state index in [1.54, 1.807) is 11.0 Å². The van der Waals surface area contributed by atoms with Crippen LogP contribution in [0.5, 0.6) is 0 Å². The maximum Gasteiger partial charge on any atom is 0.326 e. The standard InChI is InChI=1S/C34H29N9O/c44-34-38-29-8-4-5-9-31(29)43(34)26-16-18-41(19-17-26)21-23-10-12-25(13-11-23)33-32(24-6-2-1-3-7-24)36-28-15-14-27(20-30(28)37-33)42-22-35-39-40-42/h1-15,20,22,26H,16-19,21H2,(H,38,44)/p+1. The second-order valence-electron chi connectivity index (χ2n) is 11.3. The molecule has 0 bridgehead atoms. The number of imidazole rings is 1. The number of piperidine rings is 1. The fourth-order valence-corrected chi connectivity index (χ4v) is 6.29. The summed E-state index contributed by atoms with van der Waals surface area (Å²) in [6.45, 7) is 2.75. The van der Waals surface area contributed by atoms with Gasteiger partial charge in [-0.3, -0.25) is 9.47 Å². The first kappa shape index (κ1) is 26.2. The normalized spacial score (nSPS) is 14.5. The van der Waals surface area contributed by atoms with Gasteiger partial charge in [-0.15, -0.1) is 4.68 Å². The van der Waals surface area contributed by atoms with Gasteiger partial charge in [0.25, 0.3) is 6.33 Å². The fraction of sp³-hybridized carbons (Fsp3) is 0.176. The van der Waals surface area contributed by atoms with E-state index in [9.17, 15) is 4.79 Å². The number of aromatic nitrogens is 8. The molecule has 10 heteroatoms. The number of H-pyrrole nitrogens is 2. The molecular weight excluding hydrogens is 550 g/mol. The van der Waals surface area contributed by atoms with E-state index in [2.05, 4.69) is 61.8 Å². The second kappa shape index (κ2) is 11.0. The van der Waals surface area contributed by atoms with E-state index in [0.717, 1.165) is 82.7 Å². The van der Waals surface area contributed by atoms with Crippen LogP contribution in [-0.2, 0) is 6.54 Å². The molecule has 0 atom stereocenters. The van der Waals surface area contributed by atoms with Crippen LogP contribution in [0.4, 0.5) is 0 Å². The first-order chi connectivity index (χ1) is 21.7. The zero-order chi connectivity index (χ0) is 29.5. The maximum absolute atomic E-state index is 12.7. The number of tetrazole rings is 1. The Morgan fingerprint density at radius 3 is 2.30 bits per heavy atom. The summed E-state index contributed by atoms with van der Waals surface area (Å²) < 4.78 is 3.69. The van der Waals surface area contributed by atoms with Crippen molar-refractivity contribution in [2.45, 2.75) is 25.4 Å². The van der Waals surface area contributed by atoms with E-state index < -0.39 is 0 Å². The topological polar surface area (TPSA) is 112 Å². The van der Waals surface area contributed by atoms with Gasteiger partial charge in [-0.1, -0.05) is 71.9 Å². The van der Waals surface area contributed by atoms with Gasteiger partial charge in [0.15, 0.2) is 5.21 Å². The Morgan fingerprint density at radius 1 is 0.795 bits per heavy atom. The third kappa shape index (κ3) is 4.84. The van der Waals surface area contributed by atoms with E-state index in [1.807, 2.05) is 65.2 Å². The average Bonchev–Trinajstić information content (AvgIpc) is 3.73. The predicted molar refractivity (Wildman–Crippen MR) is 168 cm³/mol. The highest BCUT2D eigenvalue weighted by Crippen LogP contribution is 2.32. The SMILES string of the molecule is O=c1[nH]c2ccccc2n1C1CCN(Cc2ccc(-c3nc4cc(-[n+]5cnn[nH]5)ccc4nc3-c3ccccc3)cc2)CC1.